The molecular weight excluding hydrogens is 328 g/mol. The van der Waals surface area contributed by atoms with E-state index in [0.717, 1.165) is 18.4 Å². The summed E-state index contributed by atoms with van der Waals surface area (Å²) in [5.41, 5.74) is 1.95. The van der Waals surface area contributed by atoms with Crippen molar-refractivity contribution in [2.75, 3.05) is 6.61 Å². The van der Waals surface area contributed by atoms with E-state index >= 15 is 0 Å². The molecule has 26 heavy (non-hydrogen) atoms. The lowest BCUT2D eigenvalue weighted by Crippen LogP contribution is -2.17. The van der Waals surface area contributed by atoms with E-state index in [2.05, 4.69) is 0 Å². The summed E-state index contributed by atoms with van der Waals surface area (Å²) in [5.74, 6) is 0.594. The summed E-state index contributed by atoms with van der Waals surface area (Å²) < 4.78 is 11.8. The monoisotopic (exact) mass is 354 g/mol. The fourth-order valence-electron chi connectivity index (χ4n) is 3.50. The second-order valence-electron chi connectivity index (χ2n) is 7.01. The molecule has 138 valence electrons. The lowest BCUT2D eigenvalue weighted by atomic mass is 9.90. The molecule has 0 aliphatic heterocycles. The van der Waals surface area contributed by atoms with Crippen LogP contribution in [0.25, 0.3) is 0 Å². The summed E-state index contributed by atoms with van der Waals surface area (Å²) in [6.45, 7) is 2.79. The van der Waals surface area contributed by atoms with E-state index in [1.807, 2.05) is 30.3 Å². The Hall–Kier alpha value is -2.49. The molecule has 0 aromatic heterocycles. The minimum atomic E-state index is -0.962. The van der Waals surface area contributed by atoms with Gasteiger partial charge in [0.25, 0.3) is 0 Å². The topological polar surface area (TPSA) is 55.8 Å². The maximum absolute atomic E-state index is 11.7. The number of ether oxygens (including phenoxy) is 2. The van der Waals surface area contributed by atoms with Crippen molar-refractivity contribution in [2.24, 2.45) is 5.92 Å². The van der Waals surface area contributed by atoms with Gasteiger partial charge in [0.1, 0.15) is 23.7 Å². The third-order valence-corrected chi connectivity index (χ3v) is 4.93. The Morgan fingerprint density at radius 2 is 1.81 bits per heavy atom. The molecule has 1 N–H and O–H groups in total. The normalized spacial score (nSPS) is 14.8. The molecule has 4 heteroatoms. The first-order chi connectivity index (χ1) is 12.6. The van der Waals surface area contributed by atoms with Crippen molar-refractivity contribution in [2.45, 2.75) is 45.6 Å². The fourth-order valence-corrected chi connectivity index (χ4v) is 3.50. The zero-order chi connectivity index (χ0) is 18.4. The van der Waals surface area contributed by atoms with Crippen LogP contribution in [0.3, 0.4) is 0 Å². The maximum atomic E-state index is 11.7. The van der Waals surface area contributed by atoms with Crippen LogP contribution in [-0.2, 0) is 6.61 Å². The van der Waals surface area contributed by atoms with Crippen LogP contribution in [0, 0.1) is 12.8 Å². The van der Waals surface area contributed by atoms with Gasteiger partial charge in [-0.2, -0.15) is 0 Å². The van der Waals surface area contributed by atoms with Crippen molar-refractivity contribution < 1.29 is 19.4 Å². The van der Waals surface area contributed by atoms with E-state index in [9.17, 15) is 9.90 Å². The van der Waals surface area contributed by atoms with Crippen molar-refractivity contribution in [1.29, 1.82) is 0 Å². The second kappa shape index (κ2) is 8.75. The second-order valence-corrected chi connectivity index (χ2v) is 7.01. The summed E-state index contributed by atoms with van der Waals surface area (Å²) >= 11 is 0. The number of carboxylic acid groups (broad SMARTS) is 1. The standard InChI is InChI=1S/C22H26O4/c1-16-12-19(25-14-17-8-4-2-5-9-17)13-20(21(16)22(23)24)26-15-18-10-6-3-7-11-18/h2,4-5,8-9,12-13,18H,3,6-7,10-11,14-15H2,1H3,(H,23,24). The molecule has 1 aliphatic carbocycles. The van der Waals surface area contributed by atoms with Crippen LogP contribution in [0.2, 0.25) is 0 Å². The first-order valence-electron chi connectivity index (χ1n) is 9.31. The number of hydrogen-bond donors (Lipinski definition) is 1. The molecular formula is C22H26O4. The zero-order valence-electron chi connectivity index (χ0n) is 15.2. The minimum absolute atomic E-state index is 0.230. The van der Waals surface area contributed by atoms with Crippen molar-refractivity contribution in [3.8, 4) is 11.5 Å². The lowest BCUT2D eigenvalue weighted by molar-refractivity contribution is 0.0689. The average Bonchev–Trinajstić information content (AvgIpc) is 2.66. The molecule has 0 amide bonds. The number of rotatable bonds is 7. The summed E-state index contributed by atoms with van der Waals surface area (Å²) in [5, 5.41) is 9.56. The van der Waals surface area contributed by atoms with E-state index in [1.165, 1.54) is 19.3 Å². The van der Waals surface area contributed by atoms with Gasteiger partial charge in [-0.05, 0) is 42.9 Å². The van der Waals surface area contributed by atoms with Gasteiger partial charge in [0.05, 0.1) is 6.61 Å². The molecule has 1 fully saturated rings. The van der Waals surface area contributed by atoms with Crippen molar-refractivity contribution >= 4 is 5.97 Å². The first kappa shape index (κ1) is 18.3. The highest BCUT2D eigenvalue weighted by atomic mass is 16.5. The van der Waals surface area contributed by atoms with Crippen LogP contribution in [-0.4, -0.2) is 17.7 Å². The first-order valence-corrected chi connectivity index (χ1v) is 9.31. The summed E-state index contributed by atoms with van der Waals surface area (Å²) in [6.07, 6.45) is 6.08. The fraction of sp³-hybridized carbons (Fsp3) is 0.409. The number of hydrogen-bond acceptors (Lipinski definition) is 3. The van der Waals surface area contributed by atoms with E-state index in [-0.39, 0.29) is 5.56 Å². The van der Waals surface area contributed by atoms with Crippen LogP contribution in [0.4, 0.5) is 0 Å². The Kier molecular flexibility index (Phi) is 6.16. The highest BCUT2D eigenvalue weighted by Gasteiger charge is 2.19. The van der Waals surface area contributed by atoms with Gasteiger partial charge in [-0.15, -0.1) is 0 Å². The van der Waals surface area contributed by atoms with E-state index < -0.39 is 5.97 Å². The lowest BCUT2D eigenvalue weighted by Gasteiger charge is -2.22. The van der Waals surface area contributed by atoms with Gasteiger partial charge in [-0.3, -0.25) is 0 Å². The SMILES string of the molecule is Cc1cc(OCc2ccccc2)cc(OCC2CCCCC2)c1C(=O)O. The number of carbonyl (C=O) groups is 1. The summed E-state index contributed by atoms with van der Waals surface area (Å²) in [7, 11) is 0. The number of aromatic carboxylic acids is 1. The van der Waals surface area contributed by atoms with Crippen LogP contribution in [0.1, 0.15) is 53.6 Å². The highest BCUT2D eigenvalue weighted by molar-refractivity contribution is 5.93. The Labute approximate surface area is 154 Å². The highest BCUT2D eigenvalue weighted by Crippen LogP contribution is 2.31. The van der Waals surface area contributed by atoms with Gasteiger partial charge < -0.3 is 14.6 Å². The molecule has 0 atom stereocenters. The smallest absolute Gasteiger partial charge is 0.339 e. The molecule has 2 aromatic carbocycles. The Bertz CT molecular complexity index is 733. The molecule has 2 aromatic rings. The third kappa shape index (κ3) is 4.78. The van der Waals surface area contributed by atoms with Crippen molar-refractivity contribution in [1.82, 2.24) is 0 Å². The van der Waals surface area contributed by atoms with Crippen molar-refractivity contribution in [3.05, 3.63) is 59.2 Å². The zero-order valence-corrected chi connectivity index (χ0v) is 15.2. The van der Waals surface area contributed by atoms with Gasteiger partial charge in [0.15, 0.2) is 0 Å². The molecule has 0 saturated heterocycles. The van der Waals surface area contributed by atoms with Crippen LogP contribution >= 0.6 is 0 Å². The Morgan fingerprint density at radius 1 is 1.08 bits per heavy atom. The molecule has 4 nitrogen and oxygen atoms in total. The van der Waals surface area contributed by atoms with E-state index in [4.69, 9.17) is 9.47 Å². The Balaban J connectivity index is 1.73. The van der Waals surface area contributed by atoms with Gasteiger partial charge in [-0.25, -0.2) is 4.79 Å². The quantitative estimate of drug-likeness (QED) is 0.739. The molecule has 1 saturated carbocycles. The summed E-state index contributed by atoms with van der Waals surface area (Å²) in [6, 6.07) is 13.4. The van der Waals surface area contributed by atoms with Crippen molar-refractivity contribution in [3.63, 3.8) is 0 Å². The predicted octanol–water partition coefficient (Wildman–Crippen LogP) is 5.23. The van der Waals surface area contributed by atoms with E-state index in [1.54, 1.807) is 19.1 Å². The van der Waals surface area contributed by atoms with Crippen LogP contribution in [0.15, 0.2) is 42.5 Å². The van der Waals surface area contributed by atoms with Crippen LogP contribution in [0.5, 0.6) is 11.5 Å². The molecule has 0 heterocycles. The molecule has 3 rings (SSSR count). The summed E-state index contributed by atoms with van der Waals surface area (Å²) in [4.78, 5) is 11.7. The molecule has 1 aliphatic rings. The third-order valence-electron chi connectivity index (χ3n) is 4.93. The van der Waals surface area contributed by atoms with Gasteiger partial charge in [0.2, 0.25) is 0 Å². The minimum Gasteiger partial charge on any atom is -0.492 e. The van der Waals surface area contributed by atoms with E-state index in [0.29, 0.717) is 36.2 Å². The number of aryl methyl sites for hydroxylation is 1. The largest absolute Gasteiger partial charge is 0.492 e. The molecule has 0 bridgehead atoms. The molecule has 0 unspecified atom stereocenters. The number of benzene rings is 2. The maximum Gasteiger partial charge on any atom is 0.339 e. The Morgan fingerprint density at radius 3 is 2.50 bits per heavy atom. The van der Waals surface area contributed by atoms with Crippen LogP contribution < -0.4 is 9.47 Å². The predicted molar refractivity (Wildman–Crippen MR) is 101 cm³/mol. The van der Waals surface area contributed by atoms with Gasteiger partial charge >= 0.3 is 5.97 Å². The van der Waals surface area contributed by atoms with Gasteiger partial charge in [0, 0.05) is 6.07 Å². The molecule has 0 spiro atoms. The molecule has 0 radical (unpaired) electrons. The number of carboxylic acids is 1. The average molecular weight is 354 g/mol. The van der Waals surface area contributed by atoms with Gasteiger partial charge in [-0.1, -0.05) is 49.6 Å².